The van der Waals surface area contributed by atoms with E-state index < -0.39 is 5.97 Å². The summed E-state index contributed by atoms with van der Waals surface area (Å²) in [5.74, 6) is -0.375. The SMILES string of the molecule is COC(=O)c1ccc(NC(=O)c2cnc(Nc3cccc(C)c3)nc2)cc1. The summed E-state index contributed by atoms with van der Waals surface area (Å²) in [6, 6.07) is 14.2. The van der Waals surface area contributed by atoms with Crippen LogP contribution < -0.4 is 10.6 Å². The zero-order valence-corrected chi connectivity index (χ0v) is 14.9. The number of carbonyl (C=O) groups excluding carboxylic acids is 2. The maximum Gasteiger partial charge on any atom is 0.337 e. The van der Waals surface area contributed by atoms with Crippen molar-refractivity contribution in [1.29, 1.82) is 0 Å². The molecule has 2 N–H and O–H groups in total. The third-order valence-electron chi connectivity index (χ3n) is 3.75. The molecule has 0 aliphatic rings. The number of aryl methyl sites for hydroxylation is 1. The minimum absolute atomic E-state index is 0.321. The van der Waals surface area contributed by atoms with E-state index in [0.29, 0.717) is 22.8 Å². The Bertz CT molecular complexity index is 954. The number of aromatic nitrogens is 2. The van der Waals surface area contributed by atoms with Gasteiger partial charge in [-0.15, -0.1) is 0 Å². The molecule has 2 aromatic carbocycles. The Morgan fingerprint density at radius 1 is 0.926 bits per heavy atom. The fraction of sp³-hybridized carbons (Fsp3) is 0.100. The Labute approximate surface area is 156 Å². The molecule has 3 aromatic rings. The van der Waals surface area contributed by atoms with Gasteiger partial charge >= 0.3 is 5.97 Å². The molecule has 0 unspecified atom stereocenters. The molecule has 0 aliphatic heterocycles. The third kappa shape index (κ3) is 4.66. The lowest BCUT2D eigenvalue weighted by molar-refractivity contribution is 0.0600. The first-order chi connectivity index (χ1) is 13.0. The van der Waals surface area contributed by atoms with Gasteiger partial charge in [0.25, 0.3) is 5.91 Å². The molecule has 1 heterocycles. The first kappa shape index (κ1) is 18.1. The molecule has 27 heavy (non-hydrogen) atoms. The Morgan fingerprint density at radius 3 is 2.26 bits per heavy atom. The van der Waals surface area contributed by atoms with Gasteiger partial charge in [0.1, 0.15) is 0 Å². The smallest absolute Gasteiger partial charge is 0.337 e. The third-order valence-corrected chi connectivity index (χ3v) is 3.75. The van der Waals surface area contributed by atoms with Crippen molar-refractivity contribution in [1.82, 2.24) is 9.97 Å². The summed E-state index contributed by atoms with van der Waals surface area (Å²) in [7, 11) is 1.31. The minimum atomic E-state index is -0.432. The van der Waals surface area contributed by atoms with Gasteiger partial charge in [-0.05, 0) is 48.9 Å². The average Bonchev–Trinajstić information content (AvgIpc) is 2.68. The van der Waals surface area contributed by atoms with Gasteiger partial charge in [0, 0.05) is 23.8 Å². The molecular formula is C20H18N4O3. The lowest BCUT2D eigenvalue weighted by Crippen LogP contribution is -2.13. The maximum atomic E-state index is 12.3. The summed E-state index contributed by atoms with van der Waals surface area (Å²) in [5.41, 5.74) is 3.27. The van der Waals surface area contributed by atoms with Crippen LogP contribution in [-0.2, 0) is 4.74 Å². The van der Waals surface area contributed by atoms with Gasteiger partial charge in [-0.3, -0.25) is 4.79 Å². The first-order valence-electron chi connectivity index (χ1n) is 8.20. The Kier molecular flexibility index (Phi) is 5.41. The van der Waals surface area contributed by atoms with Crippen molar-refractivity contribution in [2.45, 2.75) is 6.92 Å². The number of esters is 1. The molecule has 0 radical (unpaired) electrons. The number of hydrogen-bond donors (Lipinski definition) is 2. The standard InChI is InChI=1S/C20H18N4O3/c1-13-4-3-5-17(10-13)24-20-21-11-15(12-22-20)18(25)23-16-8-6-14(7-9-16)19(26)27-2/h3-12H,1-2H3,(H,23,25)(H,21,22,24). The number of nitrogens with one attached hydrogen (secondary N) is 2. The zero-order valence-electron chi connectivity index (χ0n) is 14.9. The van der Waals surface area contributed by atoms with Gasteiger partial charge in [0.15, 0.2) is 0 Å². The van der Waals surface area contributed by atoms with Crippen molar-refractivity contribution in [2.24, 2.45) is 0 Å². The fourth-order valence-electron chi connectivity index (χ4n) is 2.37. The predicted octanol–water partition coefficient (Wildman–Crippen LogP) is 3.57. The number of rotatable bonds is 5. The van der Waals surface area contributed by atoms with Gasteiger partial charge in [-0.2, -0.15) is 0 Å². The van der Waals surface area contributed by atoms with Crippen LogP contribution in [0.3, 0.4) is 0 Å². The second-order valence-electron chi connectivity index (χ2n) is 5.81. The molecule has 0 bridgehead atoms. The number of nitrogens with zero attached hydrogens (tertiary/aromatic N) is 2. The molecule has 7 heteroatoms. The van der Waals surface area contributed by atoms with Gasteiger partial charge < -0.3 is 15.4 Å². The van der Waals surface area contributed by atoms with E-state index in [9.17, 15) is 9.59 Å². The van der Waals surface area contributed by atoms with Crippen LogP contribution >= 0.6 is 0 Å². The summed E-state index contributed by atoms with van der Waals surface area (Å²) in [6.45, 7) is 2.00. The van der Waals surface area contributed by atoms with Gasteiger partial charge in [-0.25, -0.2) is 14.8 Å². The van der Waals surface area contributed by atoms with Crippen molar-refractivity contribution >= 4 is 29.2 Å². The molecule has 7 nitrogen and oxygen atoms in total. The van der Waals surface area contributed by atoms with E-state index in [1.54, 1.807) is 24.3 Å². The highest BCUT2D eigenvalue weighted by atomic mass is 16.5. The summed E-state index contributed by atoms with van der Waals surface area (Å²) >= 11 is 0. The normalized spacial score (nSPS) is 10.1. The van der Waals surface area contributed by atoms with Crippen LogP contribution in [0.25, 0.3) is 0 Å². The van der Waals surface area contributed by atoms with Crippen LogP contribution in [0.5, 0.6) is 0 Å². The summed E-state index contributed by atoms with van der Waals surface area (Å²) in [6.07, 6.45) is 2.90. The number of hydrogen-bond acceptors (Lipinski definition) is 6. The number of ether oxygens (including phenoxy) is 1. The molecule has 0 spiro atoms. The molecule has 1 amide bonds. The number of anilines is 3. The fourth-order valence-corrected chi connectivity index (χ4v) is 2.37. The van der Waals surface area contributed by atoms with Crippen molar-refractivity contribution in [3.63, 3.8) is 0 Å². The summed E-state index contributed by atoms with van der Waals surface area (Å²) < 4.78 is 4.64. The van der Waals surface area contributed by atoms with E-state index in [1.165, 1.54) is 19.5 Å². The predicted molar refractivity (Wildman–Crippen MR) is 102 cm³/mol. The number of carbonyl (C=O) groups is 2. The largest absolute Gasteiger partial charge is 0.465 e. The molecular weight excluding hydrogens is 344 g/mol. The number of amides is 1. The van der Waals surface area contributed by atoms with Crippen LogP contribution in [0, 0.1) is 6.92 Å². The highest BCUT2D eigenvalue weighted by molar-refractivity contribution is 6.04. The molecule has 0 fully saturated rings. The van der Waals surface area contributed by atoms with Gasteiger partial charge in [0.2, 0.25) is 5.95 Å². The quantitative estimate of drug-likeness (QED) is 0.674. The van der Waals surface area contributed by atoms with Crippen LogP contribution in [0.15, 0.2) is 60.9 Å². The topological polar surface area (TPSA) is 93.2 Å². The van der Waals surface area contributed by atoms with Crippen LogP contribution in [0.2, 0.25) is 0 Å². The Hall–Kier alpha value is -3.74. The molecule has 136 valence electrons. The van der Waals surface area contributed by atoms with Crippen molar-refractivity contribution < 1.29 is 14.3 Å². The Morgan fingerprint density at radius 2 is 1.63 bits per heavy atom. The number of benzene rings is 2. The summed E-state index contributed by atoms with van der Waals surface area (Å²) in [5, 5.41) is 5.81. The second kappa shape index (κ2) is 8.09. The van der Waals surface area contributed by atoms with Crippen molar-refractivity contribution in [3.8, 4) is 0 Å². The monoisotopic (exact) mass is 362 g/mol. The van der Waals surface area contributed by atoms with Crippen LogP contribution in [0.4, 0.5) is 17.3 Å². The van der Waals surface area contributed by atoms with E-state index in [2.05, 4.69) is 25.3 Å². The molecule has 0 saturated carbocycles. The van der Waals surface area contributed by atoms with E-state index in [0.717, 1.165) is 11.3 Å². The molecule has 0 atom stereocenters. The van der Waals surface area contributed by atoms with E-state index in [1.807, 2.05) is 31.2 Å². The molecule has 0 aliphatic carbocycles. The highest BCUT2D eigenvalue weighted by Crippen LogP contribution is 2.15. The van der Waals surface area contributed by atoms with Gasteiger partial charge in [-0.1, -0.05) is 12.1 Å². The maximum absolute atomic E-state index is 12.3. The minimum Gasteiger partial charge on any atom is -0.465 e. The van der Waals surface area contributed by atoms with Gasteiger partial charge in [0.05, 0.1) is 18.2 Å². The lowest BCUT2D eigenvalue weighted by atomic mass is 10.2. The second-order valence-corrected chi connectivity index (χ2v) is 5.81. The molecule has 0 saturated heterocycles. The highest BCUT2D eigenvalue weighted by Gasteiger charge is 2.09. The zero-order chi connectivity index (χ0) is 19.2. The molecule has 3 rings (SSSR count). The van der Waals surface area contributed by atoms with Crippen LogP contribution in [0.1, 0.15) is 26.3 Å². The van der Waals surface area contributed by atoms with Crippen molar-refractivity contribution in [3.05, 3.63) is 77.6 Å². The first-order valence-corrected chi connectivity index (χ1v) is 8.20. The lowest BCUT2D eigenvalue weighted by Gasteiger charge is -2.07. The Balaban J connectivity index is 1.64. The molecule has 1 aromatic heterocycles. The van der Waals surface area contributed by atoms with E-state index in [4.69, 9.17) is 0 Å². The van der Waals surface area contributed by atoms with E-state index >= 15 is 0 Å². The number of methoxy groups -OCH3 is 1. The summed E-state index contributed by atoms with van der Waals surface area (Å²) in [4.78, 5) is 32.1. The van der Waals surface area contributed by atoms with Crippen LogP contribution in [-0.4, -0.2) is 29.0 Å². The average molecular weight is 362 g/mol. The van der Waals surface area contributed by atoms with Crippen molar-refractivity contribution in [2.75, 3.05) is 17.7 Å². The van der Waals surface area contributed by atoms with E-state index in [-0.39, 0.29) is 5.91 Å².